The molecule has 7 heteroatoms. The molecule has 104 valence electrons. The van der Waals surface area contributed by atoms with Crippen LogP contribution in [-0.2, 0) is 19.4 Å². The largest absolute Gasteiger partial charge is 0.340 e. The molecule has 0 aromatic carbocycles. The van der Waals surface area contributed by atoms with Crippen molar-refractivity contribution in [1.82, 2.24) is 10.2 Å². The average molecular weight is 284 g/mol. The normalized spacial score (nSPS) is 32.0. The van der Waals surface area contributed by atoms with Crippen LogP contribution in [0.4, 0.5) is 0 Å². The average Bonchev–Trinajstić information content (AvgIpc) is 2.91. The van der Waals surface area contributed by atoms with E-state index in [0.29, 0.717) is 12.8 Å². The quantitative estimate of drug-likeness (QED) is 0.708. The molecule has 1 saturated heterocycles. The predicted octanol–water partition coefficient (Wildman–Crippen LogP) is -0.432. The first-order valence-electron chi connectivity index (χ1n) is 6.45. The van der Waals surface area contributed by atoms with E-state index in [1.807, 2.05) is 0 Å². The van der Waals surface area contributed by atoms with E-state index in [1.165, 1.54) is 11.0 Å². The van der Waals surface area contributed by atoms with E-state index in [1.54, 1.807) is 0 Å². The lowest BCUT2D eigenvalue weighted by Gasteiger charge is -2.41. The molecule has 19 heavy (non-hydrogen) atoms. The number of hydrogen-bond acceptors (Lipinski definition) is 4. The molecule has 2 fully saturated rings. The number of piperazine rings is 1. The van der Waals surface area contributed by atoms with Gasteiger partial charge in [0.15, 0.2) is 9.84 Å². The Labute approximate surface area is 111 Å². The maximum atomic E-state index is 12.6. The Balaban J connectivity index is 1.88. The summed E-state index contributed by atoms with van der Waals surface area (Å²) >= 11 is 0. The summed E-state index contributed by atoms with van der Waals surface area (Å²) in [7, 11) is -3.23. The molecule has 0 aromatic heterocycles. The van der Waals surface area contributed by atoms with Crippen molar-refractivity contribution in [2.45, 2.75) is 37.3 Å². The van der Waals surface area contributed by atoms with Crippen LogP contribution in [0.15, 0.2) is 11.5 Å². The first-order chi connectivity index (χ1) is 8.92. The van der Waals surface area contributed by atoms with Crippen LogP contribution in [0.2, 0.25) is 0 Å². The van der Waals surface area contributed by atoms with Crippen molar-refractivity contribution in [3.63, 3.8) is 0 Å². The van der Waals surface area contributed by atoms with Crippen LogP contribution in [0.3, 0.4) is 0 Å². The summed E-state index contributed by atoms with van der Waals surface area (Å²) in [6.07, 6.45) is 4.64. The van der Waals surface area contributed by atoms with E-state index in [2.05, 4.69) is 5.32 Å². The zero-order chi connectivity index (χ0) is 13.7. The minimum absolute atomic E-state index is 0.0505. The highest BCUT2D eigenvalue weighted by Crippen LogP contribution is 2.34. The second-order valence-electron chi connectivity index (χ2n) is 5.50. The predicted molar refractivity (Wildman–Crippen MR) is 67.8 cm³/mol. The van der Waals surface area contributed by atoms with Crippen molar-refractivity contribution in [2.75, 3.05) is 12.3 Å². The smallest absolute Gasteiger partial charge is 0.249 e. The van der Waals surface area contributed by atoms with Crippen molar-refractivity contribution >= 4 is 21.7 Å². The Morgan fingerprint density at radius 2 is 1.95 bits per heavy atom. The van der Waals surface area contributed by atoms with Gasteiger partial charge in [-0.15, -0.1) is 0 Å². The summed E-state index contributed by atoms with van der Waals surface area (Å²) in [4.78, 5) is 25.8. The molecule has 0 bridgehead atoms. The van der Waals surface area contributed by atoms with E-state index in [0.717, 1.165) is 18.2 Å². The molecule has 1 saturated carbocycles. The summed E-state index contributed by atoms with van der Waals surface area (Å²) in [5.74, 6) is -0.433. The standard InChI is InChI=1S/C12H16N2O4S/c15-10-7-14(9-3-6-19(17,18)8-9)11(16)12(13-10)4-1-2-5-12/h3,6,9H,1-2,4-5,7-8H2,(H,13,15). The Kier molecular flexibility index (Phi) is 2.70. The lowest BCUT2D eigenvalue weighted by atomic mass is 9.92. The van der Waals surface area contributed by atoms with Crippen molar-refractivity contribution in [3.05, 3.63) is 11.5 Å². The third-order valence-electron chi connectivity index (χ3n) is 4.13. The SMILES string of the molecule is O=C1CN(C2C=CS(=O)(=O)C2)C(=O)C2(CCCC2)N1. The van der Waals surface area contributed by atoms with Gasteiger partial charge >= 0.3 is 0 Å². The van der Waals surface area contributed by atoms with Crippen LogP contribution >= 0.6 is 0 Å². The molecule has 1 spiro atoms. The number of sulfone groups is 1. The van der Waals surface area contributed by atoms with E-state index in [4.69, 9.17) is 0 Å². The van der Waals surface area contributed by atoms with Crippen LogP contribution in [-0.4, -0.2) is 49.0 Å². The van der Waals surface area contributed by atoms with Crippen LogP contribution < -0.4 is 5.32 Å². The van der Waals surface area contributed by atoms with Gasteiger partial charge in [0.1, 0.15) is 12.1 Å². The highest BCUT2D eigenvalue weighted by Gasteiger charge is 2.50. The van der Waals surface area contributed by atoms with Gasteiger partial charge in [0, 0.05) is 5.41 Å². The molecule has 1 N–H and O–H groups in total. The number of carbonyl (C=O) groups is 2. The number of rotatable bonds is 1. The Bertz CT molecular complexity index is 560. The molecule has 3 aliphatic rings. The van der Waals surface area contributed by atoms with Crippen molar-refractivity contribution in [2.24, 2.45) is 0 Å². The van der Waals surface area contributed by atoms with Crippen LogP contribution in [0.1, 0.15) is 25.7 Å². The highest BCUT2D eigenvalue weighted by molar-refractivity contribution is 7.94. The first kappa shape index (κ1) is 12.7. The second-order valence-corrected chi connectivity index (χ2v) is 7.43. The molecular formula is C12H16N2O4S. The summed E-state index contributed by atoms with van der Waals surface area (Å²) < 4.78 is 22.9. The molecule has 2 heterocycles. The molecule has 0 aromatic rings. The second kappa shape index (κ2) is 4.06. The molecule has 2 aliphatic heterocycles. The minimum Gasteiger partial charge on any atom is -0.340 e. The van der Waals surface area contributed by atoms with Crippen molar-refractivity contribution < 1.29 is 18.0 Å². The van der Waals surface area contributed by atoms with Crippen molar-refractivity contribution in [3.8, 4) is 0 Å². The third kappa shape index (κ3) is 2.05. The van der Waals surface area contributed by atoms with Gasteiger partial charge in [-0.3, -0.25) is 9.59 Å². The van der Waals surface area contributed by atoms with Crippen LogP contribution in [0, 0.1) is 0 Å². The Morgan fingerprint density at radius 3 is 2.53 bits per heavy atom. The fourth-order valence-electron chi connectivity index (χ4n) is 3.20. The van der Waals surface area contributed by atoms with Crippen LogP contribution in [0.5, 0.6) is 0 Å². The lowest BCUT2D eigenvalue weighted by Crippen LogP contribution is -2.67. The van der Waals surface area contributed by atoms with Gasteiger partial charge in [-0.25, -0.2) is 8.42 Å². The molecular weight excluding hydrogens is 268 g/mol. The first-order valence-corrected chi connectivity index (χ1v) is 8.16. The Hall–Kier alpha value is -1.37. The number of carbonyl (C=O) groups excluding carboxylic acids is 2. The maximum Gasteiger partial charge on any atom is 0.249 e. The molecule has 1 aliphatic carbocycles. The zero-order valence-corrected chi connectivity index (χ0v) is 11.3. The van der Waals surface area contributed by atoms with E-state index < -0.39 is 21.4 Å². The topological polar surface area (TPSA) is 83.6 Å². The minimum atomic E-state index is -3.23. The molecule has 1 unspecified atom stereocenters. The lowest BCUT2D eigenvalue weighted by molar-refractivity contribution is -0.150. The zero-order valence-electron chi connectivity index (χ0n) is 10.5. The summed E-state index contributed by atoms with van der Waals surface area (Å²) in [5, 5.41) is 3.95. The molecule has 0 radical (unpaired) electrons. The summed E-state index contributed by atoms with van der Waals surface area (Å²) in [5.41, 5.74) is -0.782. The number of nitrogens with zero attached hydrogens (tertiary/aromatic N) is 1. The van der Waals surface area contributed by atoms with E-state index >= 15 is 0 Å². The molecule has 3 rings (SSSR count). The fraction of sp³-hybridized carbons (Fsp3) is 0.667. The van der Waals surface area contributed by atoms with Gasteiger partial charge in [0.05, 0.1) is 11.8 Å². The summed E-state index contributed by atoms with van der Waals surface area (Å²) in [6, 6.07) is -0.499. The van der Waals surface area contributed by atoms with Gasteiger partial charge in [-0.1, -0.05) is 12.8 Å². The third-order valence-corrected chi connectivity index (χ3v) is 5.51. The van der Waals surface area contributed by atoms with E-state index in [9.17, 15) is 18.0 Å². The number of nitrogens with one attached hydrogen (secondary N) is 1. The molecule has 6 nitrogen and oxygen atoms in total. The Morgan fingerprint density at radius 1 is 1.26 bits per heavy atom. The number of amides is 2. The number of hydrogen-bond donors (Lipinski definition) is 1. The van der Waals surface area contributed by atoms with Gasteiger partial charge in [0.25, 0.3) is 0 Å². The highest BCUT2D eigenvalue weighted by atomic mass is 32.2. The van der Waals surface area contributed by atoms with Crippen LogP contribution in [0.25, 0.3) is 0 Å². The van der Waals surface area contributed by atoms with Gasteiger partial charge in [0.2, 0.25) is 11.8 Å². The van der Waals surface area contributed by atoms with E-state index in [-0.39, 0.29) is 24.1 Å². The monoisotopic (exact) mass is 284 g/mol. The van der Waals surface area contributed by atoms with Gasteiger partial charge < -0.3 is 10.2 Å². The maximum absolute atomic E-state index is 12.6. The summed E-state index contributed by atoms with van der Waals surface area (Å²) in [6.45, 7) is -0.0505. The molecule has 1 atom stereocenters. The molecule has 2 amide bonds. The fourth-order valence-corrected chi connectivity index (χ4v) is 4.50. The van der Waals surface area contributed by atoms with Gasteiger partial charge in [-0.05, 0) is 18.9 Å². The van der Waals surface area contributed by atoms with Crippen molar-refractivity contribution in [1.29, 1.82) is 0 Å². The van der Waals surface area contributed by atoms with Gasteiger partial charge in [-0.2, -0.15) is 0 Å².